The van der Waals surface area contributed by atoms with Gasteiger partial charge in [-0.3, -0.25) is 9.59 Å². The lowest BCUT2D eigenvalue weighted by atomic mass is 9.95. The third-order valence-electron chi connectivity index (χ3n) is 5.53. The van der Waals surface area contributed by atoms with E-state index in [1.165, 1.54) is 4.90 Å². The Balaban J connectivity index is 1.78. The molecular weight excluding hydrogens is 420 g/mol. The number of hydrogen-bond acceptors (Lipinski definition) is 6. The lowest BCUT2D eigenvalue weighted by Gasteiger charge is -2.28. The highest BCUT2D eigenvalue weighted by atomic mass is 16.5. The van der Waals surface area contributed by atoms with Crippen LogP contribution >= 0.6 is 0 Å². The lowest BCUT2D eigenvalue weighted by molar-refractivity contribution is -0.129. The smallest absolute Gasteiger partial charge is 0.290 e. The van der Waals surface area contributed by atoms with Crippen LogP contribution in [0.25, 0.3) is 11.0 Å². The van der Waals surface area contributed by atoms with Crippen LogP contribution in [0.4, 0.5) is 0 Å². The predicted molar refractivity (Wildman–Crippen MR) is 125 cm³/mol. The van der Waals surface area contributed by atoms with E-state index in [0.717, 1.165) is 5.39 Å². The average molecular weight is 449 g/mol. The molecule has 2 heterocycles. The average Bonchev–Trinajstić information content (AvgIpc) is 3.31. The van der Waals surface area contributed by atoms with E-state index in [1.54, 1.807) is 12.1 Å². The van der Waals surface area contributed by atoms with Gasteiger partial charge in [-0.1, -0.05) is 30.3 Å². The van der Waals surface area contributed by atoms with Gasteiger partial charge in [0.2, 0.25) is 5.78 Å². The summed E-state index contributed by atoms with van der Waals surface area (Å²) in [6.45, 7) is 4.77. The molecule has 7 heteroatoms. The van der Waals surface area contributed by atoms with Crippen molar-refractivity contribution in [2.75, 3.05) is 27.2 Å². The molecule has 172 valence electrons. The zero-order valence-electron chi connectivity index (χ0n) is 19.2. The highest BCUT2D eigenvalue weighted by molar-refractivity contribution is 6.16. The largest absolute Gasteiger partial charge is 0.503 e. The molecule has 0 saturated carbocycles. The van der Waals surface area contributed by atoms with Gasteiger partial charge in [0.15, 0.2) is 11.5 Å². The molecule has 2 aromatic carbocycles. The van der Waals surface area contributed by atoms with Crippen LogP contribution in [-0.2, 0) is 4.79 Å². The molecule has 1 amide bonds. The van der Waals surface area contributed by atoms with E-state index in [0.29, 0.717) is 30.0 Å². The van der Waals surface area contributed by atoms with Gasteiger partial charge in [0.05, 0.1) is 17.7 Å². The van der Waals surface area contributed by atoms with Crippen LogP contribution in [0.15, 0.2) is 70.3 Å². The molecule has 7 nitrogen and oxygen atoms in total. The number of aliphatic hydroxyl groups is 1. The Kier molecular flexibility index (Phi) is 6.24. The minimum atomic E-state index is -0.756. The van der Waals surface area contributed by atoms with E-state index >= 15 is 0 Å². The Labute approximate surface area is 192 Å². The van der Waals surface area contributed by atoms with Crippen molar-refractivity contribution in [3.8, 4) is 5.75 Å². The molecule has 4 rings (SSSR count). The molecule has 1 aromatic heterocycles. The number of carbonyl (C=O) groups excluding carboxylic acids is 2. The summed E-state index contributed by atoms with van der Waals surface area (Å²) in [5, 5.41) is 11.6. The Morgan fingerprint density at radius 2 is 1.91 bits per heavy atom. The van der Waals surface area contributed by atoms with Crippen molar-refractivity contribution in [2.24, 2.45) is 0 Å². The fourth-order valence-corrected chi connectivity index (χ4v) is 4.03. The van der Waals surface area contributed by atoms with E-state index < -0.39 is 23.5 Å². The van der Waals surface area contributed by atoms with Gasteiger partial charge < -0.3 is 24.1 Å². The number of likely N-dealkylation sites (N-methyl/N-ethyl adjacent to an activating group) is 1. The zero-order chi connectivity index (χ0) is 23.7. The number of hydrogen-bond donors (Lipinski definition) is 1. The second-order valence-electron chi connectivity index (χ2n) is 8.68. The number of aliphatic hydroxyl groups excluding tert-OH is 1. The molecule has 1 aliphatic heterocycles. The molecule has 33 heavy (non-hydrogen) atoms. The topological polar surface area (TPSA) is 83.2 Å². The van der Waals surface area contributed by atoms with Gasteiger partial charge in [0.25, 0.3) is 5.91 Å². The van der Waals surface area contributed by atoms with Crippen LogP contribution < -0.4 is 4.74 Å². The highest BCUT2D eigenvalue weighted by Gasteiger charge is 2.44. The molecular formula is C26H28N2O5. The molecule has 0 saturated heterocycles. The van der Waals surface area contributed by atoms with Crippen molar-refractivity contribution >= 4 is 22.7 Å². The first-order valence-electron chi connectivity index (χ1n) is 10.9. The quantitative estimate of drug-likeness (QED) is 0.516. The van der Waals surface area contributed by atoms with Crippen molar-refractivity contribution in [3.63, 3.8) is 0 Å². The molecule has 3 aromatic rings. The summed E-state index contributed by atoms with van der Waals surface area (Å²) in [6.07, 6.45) is -0.0316. The Hall–Kier alpha value is -3.58. The third kappa shape index (κ3) is 4.50. The normalized spacial score (nSPS) is 16.5. The molecule has 1 aliphatic rings. The number of Topliss-reactive ketones (excluding diaryl/α,β-unsaturated/α-hetero) is 1. The fraction of sp³-hybridized carbons (Fsp3) is 0.308. The minimum Gasteiger partial charge on any atom is -0.503 e. The Bertz CT molecular complexity index is 1190. The van der Waals surface area contributed by atoms with Crippen LogP contribution in [0.1, 0.15) is 36.0 Å². The van der Waals surface area contributed by atoms with Crippen LogP contribution in [0, 0.1) is 0 Å². The van der Waals surface area contributed by atoms with Crippen molar-refractivity contribution in [1.82, 2.24) is 9.80 Å². The first kappa shape index (κ1) is 22.6. The Morgan fingerprint density at radius 3 is 2.61 bits per heavy atom. The van der Waals surface area contributed by atoms with Gasteiger partial charge in [-0.15, -0.1) is 0 Å². The number of ether oxygens (including phenoxy) is 1. The van der Waals surface area contributed by atoms with Crippen molar-refractivity contribution in [2.45, 2.75) is 26.0 Å². The van der Waals surface area contributed by atoms with E-state index in [1.807, 2.05) is 75.3 Å². The highest BCUT2D eigenvalue weighted by Crippen LogP contribution is 2.40. The molecule has 0 radical (unpaired) electrons. The number of benzene rings is 2. The first-order chi connectivity index (χ1) is 15.8. The molecule has 1 N–H and O–H groups in total. The number of nitrogens with zero attached hydrogens (tertiary/aromatic N) is 2. The molecule has 0 spiro atoms. The predicted octanol–water partition coefficient (Wildman–Crippen LogP) is 4.36. The van der Waals surface area contributed by atoms with E-state index in [4.69, 9.17) is 9.15 Å². The number of para-hydroxylation sites is 1. The van der Waals surface area contributed by atoms with Crippen LogP contribution in [0.3, 0.4) is 0 Å². The third-order valence-corrected chi connectivity index (χ3v) is 5.53. The van der Waals surface area contributed by atoms with Gasteiger partial charge >= 0.3 is 0 Å². The second kappa shape index (κ2) is 9.11. The van der Waals surface area contributed by atoms with E-state index in [-0.39, 0.29) is 17.4 Å². The zero-order valence-corrected chi connectivity index (χ0v) is 19.2. The monoisotopic (exact) mass is 448 g/mol. The molecule has 0 bridgehead atoms. The number of fused-ring (bicyclic) bond motifs is 1. The summed E-state index contributed by atoms with van der Waals surface area (Å²) >= 11 is 0. The maximum atomic E-state index is 13.6. The summed E-state index contributed by atoms with van der Waals surface area (Å²) in [5.74, 6) is -0.913. The maximum Gasteiger partial charge on any atom is 0.290 e. The van der Waals surface area contributed by atoms with Gasteiger partial charge in [-0.25, -0.2) is 0 Å². The summed E-state index contributed by atoms with van der Waals surface area (Å²) in [7, 11) is 3.81. The van der Waals surface area contributed by atoms with E-state index in [9.17, 15) is 14.7 Å². The first-order valence-corrected chi connectivity index (χ1v) is 10.9. The van der Waals surface area contributed by atoms with Crippen molar-refractivity contribution in [1.29, 1.82) is 0 Å². The molecule has 0 fully saturated rings. The lowest BCUT2D eigenvalue weighted by Crippen LogP contribution is -2.36. The molecule has 1 unspecified atom stereocenters. The van der Waals surface area contributed by atoms with Crippen LogP contribution in [0.5, 0.6) is 5.75 Å². The number of carbonyl (C=O) groups is 2. The summed E-state index contributed by atoms with van der Waals surface area (Å²) < 4.78 is 11.6. The standard InChI is InChI=1S/C26H28N2O5/c1-16(2)32-19-10-7-9-18(14-19)23-22(25(30)26(31)28(23)13-12-27(3)4)24(29)21-15-17-8-5-6-11-20(17)33-21/h5-11,14-16,23,30H,12-13H2,1-4H3. The fourth-order valence-electron chi connectivity index (χ4n) is 4.03. The second-order valence-corrected chi connectivity index (χ2v) is 8.68. The number of amides is 1. The van der Waals surface area contributed by atoms with Crippen molar-refractivity contribution < 1.29 is 23.8 Å². The molecule has 0 aliphatic carbocycles. The minimum absolute atomic E-state index is 0.0134. The number of ketones is 1. The van der Waals surface area contributed by atoms with Gasteiger partial charge in [0.1, 0.15) is 11.3 Å². The van der Waals surface area contributed by atoms with Gasteiger partial charge in [-0.2, -0.15) is 0 Å². The number of rotatable bonds is 8. The summed E-state index contributed by atoms with van der Waals surface area (Å²) in [6, 6.07) is 15.5. The molecule has 1 atom stereocenters. The van der Waals surface area contributed by atoms with Crippen LogP contribution in [-0.4, -0.2) is 59.9 Å². The SMILES string of the molecule is CC(C)Oc1cccc(C2C(C(=O)c3cc4ccccc4o3)=C(O)C(=O)N2CCN(C)C)c1. The number of furan rings is 1. The summed E-state index contributed by atoms with van der Waals surface area (Å²) in [4.78, 5) is 30.1. The van der Waals surface area contributed by atoms with Gasteiger partial charge in [-0.05, 0) is 57.8 Å². The Morgan fingerprint density at radius 1 is 1.15 bits per heavy atom. The maximum absolute atomic E-state index is 13.6. The van der Waals surface area contributed by atoms with Crippen LogP contribution in [0.2, 0.25) is 0 Å². The van der Waals surface area contributed by atoms with Gasteiger partial charge in [0, 0.05) is 18.5 Å². The van der Waals surface area contributed by atoms with Crippen molar-refractivity contribution in [3.05, 3.63) is 77.3 Å². The summed E-state index contributed by atoms with van der Waals surface area (Å²) in [5.41, 5.74) is 1.27. The van der Waals surface area contributed by atoms with E-state index in [2.05, 4.69) is 0 Å².